The van der Waals surface area contributed by atoms with Gasteiger partial charge < -0.3 is 0 Å². The number of allylic oxidation sites excluding steroid dienone is 2. The van der Waals surface area contributed by atoms with E-state index in [1.807, 2.05) is 0 Å². The van der Waals surface area contributed by atoms with Crippen LogP contribution in [0.3, 0.4) is 0 Å². The molecule has 2 aliphatic carbocycles. The van der Waals surface area contributed by atoms with Gasteiger partial charge in [-0.1, -0.05) is 42.0 Å². The molecule has 3 rings (SSSR count). The van der Waals surface area contributed by atoms with Gasteiger partial charge in [0.25, 0.3) is 0 Å². The highest BCUT2D eigenvalue weighted by Gasteiger charge is 2.47. The van der Waals surface area contributed by atoms with Gasteiger partial charge >= 0.3 is 0 Å². The average Bonchev–Trinajstić information content (AvgIpc) is 2.88. The summed E-state index contributed by atoms with van der Waals surface area (Å²) in [6.45, 7) is 2.11. The normalized spacial score (nSPS) is 35.2. The molecule has 1 nitrogen and oxygen atoms in total. The lowest BCUT2D eigenvalue weighted by Gasteiger charge is -2.20. The van der Waals surface area contributed by atoms with E-state index in [-0.39, 0.29) is 5.41 Å². The molecule has 0 N–H and O–H groups in total. The van der Waals surface area contributed by atoms with Crippen LogP contribution in [-0.4, -0.2) is 0 Å². The molecule has 1 saturated carbocycles. The number of rotatable bonds is 1. The van der Waals surface area contributed by atoms with E-state index in [4.69, 9.17) is 0 Å². The van der Waals surface area contributed by atoms with Gasteiger partial charge in [0.05, 0.1) is 11.5 Å². The number of nitriles is 1. The molecule has 0 amide bonds. The van der Waals surface area contributed by atoms with Gasteiger partial charge in [-0.15, -0.1) is 0 Å². The largest absolute Gasteiger partial charge is 0.197 e. The molecule has 3 unspecified atom stereocenters. The Morgan fingerprint density at radius 2 is 2.00 bits per heavy atom. The number of aryl methyl sites for hydroxylation is 1. The second kappa shape index (κ2) is 3.22. The third-order valence-electron chi connectivity index (χ3n) is 4.09. The molecule has 2 bridgehead atoms. The van der Waals surface area contributed by atoms with E-state index in [9.17, 15) is 5.26 Å². The van der Waals surface area contributed by atoms with E-state index in [0.717, 1.165) is 12.8 Å². The van der Waals surface area contributed by atoms with E-state index in [1.54, 1.807) is 0 Å². The fourth-order valence-corrected chi connectivity index (χ4v) is 3.14. The van der Waals surface area contributed by atoms with Crippen molar-refractivity contribution in [1.29, 1.82) is 5.26 Å². The smallest absolute Gasteiger partial charge is 0.0765 e. The molecule has 0 aromatic heterocycles. The standard InChI is InChI=1S/C15H15N/c1-11-2-4-12(5-3-11)14-9-15(10-16)7-6-13(14)8-15/h2-7,13-14H,8-9H2,1H3. The topological polar surface area (TPSA) is 23.8 Å². The van der Waals surface area contributed by atoms with Crippen LogP contribution >= 0.6 is 0 Å². The fraction of sp³-hybridized carbons (Fsp3) is 0.400. The lowest BCUT2D eigenvalue weighted by Crippen LogP contribution is -2.11. The molecule has 0 saturated heterocycles. The molecule has 1 heteroatoms. The zero-order valence-electron chi connectivity index (χ0n) is 9.48. The molecular formula is C15H15N. The van der Waals surface area contributed by atoms with Crippen molar-refractivity contribution in [1.82, 2.24) is 0 Å². The Bertz CT molecular complexity index is 477. The summed E-state index contributed by atoms with van der Waals surface area (Å²) in [4.78, 5) is 0. The lowest BCUT2D eigenvalue weighted by molar-refractivity contribution is 0.523. The minimum atomic E-state index is -0.153. The van der Waals surface area contributed by atoms with Gasteiger partial charge in [0.1, 0.15) is 0 Å². The van der Waals surface area contributed by atoms with Crippen molar-refractivity contribution in [2.75, 3.05) is 0 Å². The molecule has 1 aromatic rings. The third-order valence-corrected chi connectivity index (χ3v) is 4.09. The van der Waals surface area contributed by atoms with Gasteiger partial charge in [-0.25, -0.2) is 0 Å². The van der Waals surface area contributed by atoms with Crippen LogP contribution in [0.2, 0.25) is 0 Å². The van der Waals surface area contributed by atoms with Gasteiger partial charge in [0.2, 0.25) is 0 Å². The van der Waals surface area contributed by atoms with Crippen molar-refractivity contribution in [2.24, 2.45) is 11.3 Å². The molecule has 3 atom stereocenters. The number of benzene rings is 1. The molecule has 16 heavy (non-hydrogen) atoms. The maximum absolute atomic E-state index is 9.25. The van der Waals surface area contributed by atoms with Crippen LogP contribution < -0.4 is 0 Å². The van der Waals surface area contributed by atoms with E-state index in [1.165, 1.54) is 11.1 Å². The maximum atomic E-state index is 9.25. The van der Waals surface area contributed by atoms with Crippen molar-refractivity contribution >= 4 is 0 Å². The van der Waals surface area contributed by atoms with Crippen LogP contribution in [-0.2, 0) is 0 Å². The van der Waals surface area contributed by atoms with Crippen LogP contribution in [0.4, 0.5) is 0 Å². The number of nitrogens with zero attached hydrogens (tertiary/aromatic N) is 1. The summed E-state index contributed by atoms with van der Waals surface area (Å²) < 4.78 is 0. The van der Waals surface area contributed by atoms with Crippen molar-refractivity contribution in [3.63, 3.8) is 0 Å². The third kappa shape index (κ3) is 1.30. The van der Waals surface area contributed by atoms with E-state index in [0.29, 0.717) is 11.8 Å². The first-order valence-corrected chi connectivity index (χ1v) is 5.90. The molecule has 2 aliphatic rings. The zero-order valence-corrected chi connectivity index (χ0v) is 9.48. The van der Waals surface area contributed by atoms with Crippen molar-refractivity contribution < 1.29 is 0 Å². The van der Waals surface area contributed by atoms with Crippen molar-refractivity contribution in [2.45, 2.75) is 25.7 Å². The minimum absolute atomic E-state index is 0.153. The first-order chi connectivity index (χ1) is 7.72. The Labute approximate surface area is 96.4 Å². The number of hydrogen-bond donors (Lipinski definition) is 0. The van der Waals surface area contributed by atoms with Gasteiger partial charge in [0.15, 0.2) is 0 Å². The molecule has 0 aliphatic heterocycles. The highest BCUT2D eigenvalue weighted by molar-refractivity contribution is 5.35. The van der Waals surface area contributed by atoms with Crippen LogP contribution in [0.15, 0.2) is 36.4 Å². The van der Waals surface area contributed by atoms with Gasteiger partial charge in [-0.2, -0.15) is 5.26 Å². The Kier molecular flexibility index (Phi) is 1.94. The molecule has 0 heterocycles. The SMILES string of the molecule is Cc1ccc(C2CC3(C#N)C=CC2C3)cc1. The van der Waals surface area contributed by atoms with Gasteiger partial charge in [-0.05, 0) is 37.2 Å². The molecule has 1 fully saturated rings. The first-order valence-electron chi connectivity index (χ1n) is 5.90. The molecule has 80 valence electrons. The molecule has 0 radical (unpaired) electrons. The summed E-state index contributed by atoms with van der Waals surface area (Å²) in [5.74, 6) is 1.15. The molecule has 0 spiro atoms. The van der Waals surface area contributed by atoms with E-state index < -0.39 is 0 Å². The molecule has 1 aromatic carbocycles. The Morgan fingerprint density at radius 3 is 2.62 bits per heavy atom. The maximum Gasteiger partial charge on any atom is 0.0765 e. The Morgan fingerprint density at radius 1 is 1.25 bits per heavy atom. The van der Waals surface area contributed by atoms with Crippen LogP contribution in [0.25, 0.3) is 0 Å². The summed E-state index contributed by atoms with van der Waals surface area (Å²) in [5.41, 5.74) is 2.55. The summed E-state index contributed by atoms with van der Waals surface area (Å²) in [6.07, 6.45) is 6.41. The van der Waals surface area contributed by atoms with Gasteiger partial charge in [-0.3, -0.25) is 0 Å². The number of fused-ring (bicyclic) bond motifs is 2. The predicted octanol–water partition coefficient (Wildman–Crippen LogP) is 3.57. The highest BCUT2D eigenvalue weighted by Crippen LogP contribution is 2.55. The summed E-state index contributed by atoms with van der Waals surface area (Å²) in [7, 11) is 0. The number of hydrogen-bond acceptors (Lipinski definition) is 1. The fourth-order valence-electron chi connectivity index (χ4n) is 3.14. The lowest BCUT2D eigenvalue weighted by atomic mass is 9.82. The second-order valence-corrected chi connectivity index (χ2v) is 5.22. The Hall–Kier alpha value is -1.55. The summed E-state index contributed by atoms with van der Waals surface area (Å²) in [6, 6.07) is 11.3. The summed E-state index contributed by atoms with van der Waals surface area (Å²) in [5, 5.41) is 9.25. The Balaban J connectivity index is 1.92. The van der Waals surface area contributed by atoms with Gasteiger partial charge in [0, 0.05) is 0 Å². The quantitative estimate of drug-likeness (QED) is 0.649. The van der Waals surface area contributed by atoms with Crippen molar-refractivity contribution in [3.05, 3.63) is 47.5 Å². The van der Waals surface area contributed by atoms with Crippen LogP contribution in [0.1, 0.15) is 29.9 Å². The highest BCUT2D eigenvalue weighted by atomic mass is 14.5. The van der Waals surface area contributed by atoms with Crippen molar-refractivity contribution in [3.8, 4) is 6.07 Å². The average molecular weight is 209 g/mol. The second-order valence-electron chi connectivity index (χ2n) is 5.22. The van der Waals surface area contributed by atoms with Crippen LogP contribution in [0, 0.1) is 29.6 Å². The monoisotopic (exact) mass is 209 g/mol. The predicted molar refractivity (Wildman–Crippen MR) is 63.8 cm³/mol. The summed E-state index contributed by atoms with van der Waals surface area (Å²) >= 11 is 0. The van der Waals surface area contributed by atoms with E-state index in [2.05, 4.69) is 49.4 Å². The first kappa shape index (κ1) is 9.66. The zero-order chi connectivity index (χ0) is 11.2. The minimum Gasteiger partial charge on any atom is -0.197 e. The van der Waals surface area contributed by atoms with E-state index >= 15 is 0 Å². The molecular weight excluding hydrogens is 194 g/mol. The van der Waals surface area contributed by atoms with Crippen LogP contribution in [0.5, 0.6) is 0 Å².